The van der Waals surface area contributed by atoms with Crippen LogP contribution < -0.4 is 5.73 Å². The van der Waals surface area contributed by atoms with Gasteiger partial charge in [0.15, 0.2) is 0 Å². The van der Waals surface area contributed by atoms with Crippen LogP contribution in [-0.2, 0) is 4.74 Å². The summed E-state index contributed by atoms with van der Waals surface area (Å²) in [6, 6.07) is 0.364. The standard InChI is InChI=1S/C14H25N3O/c1-9(2)14-16-12(11-5-7-18-8-6-11)13(15)17(14)10(3)4/h9-11H,5-8,15H2,1-4H3. The first-order chi connectivity index (χ1) is 8.52. The van der Waals surface area contributed by atoms with Gasteiger partial charge in [-0.2, -0.15) is 0 Å². The van der Waals surface area contributed by atoms with Crippen LogP contribution in [0, 0.1) is 0 Å². The van der Waals surface area contributed by atoms with Crippen LogP contribution in [-0.4, -0.2) is 22.8 Å². The first-order valence-corrected chi connectivity index (χ1v) is 6.97. The highest BCUT2D eigenvalue weighted by molar-refractivity contribution is 5.42. The van der Waals surface area contributed by atoms with E-state index >= 15 is 0 Å². The van der Waals surface area contributed by atoms with E-state index in [1.54, 1.807) is 0 Å². The van der Waals surface area contributed by atoms with Crippen molar-refractivity contribution in [2.75, 3.05) is 18.9 Å². The van der Waals surface area contributed by atoms with Crippen LogP contribution in [0.2, 0.25) is 0 Å². The van der Waals surface area contributed by atoms with Crippen molar-refractivity contribution in [3.05, 3.63) is 11.5 Å². The normalized spacial score (nSPS) is 17.9. The molecular weight excluding hydrogens is 226 g/mol. The zero-order valence-electron chi connectivity index (χ0n) is 11.9. The quantitative estimate of drug-likeness (QED) is 0.898. The van der Waals surface area contributed by atoms with E-state index in [0.717, 1.165) is 43.4 Å². The Balaban J connectivity index is 2.39. The zero-order chi connectivity index (χ0) is 13.3. The monoisotopic (exact) mass is 251 g/mol. The minimum absolute atomic E-state index is 0.364. The molecule has 1 aliphatic rings. The van der Waals surface area contributed by atoms with Crippen LogP contribution in [0.5, 0.6) is 0 Å². The predicted octanol–water partition coefficient (Wildman–Crippen LogP) is 3.06. The summed E-state index contributed by atoms with van der Waals surface area (Å²) in [6.07, 6.45) is 2.08. The number of aromatic nitrogens is 2. The van der Waals surface area contributed by atoms with E-state index in [-0.39, 0.29) is 0 Å². The number of nitrogen functional groups attached to an aromatic ring is 1. The van der Waals surface area contributed by atoms with Crippen molar-refractivity contribution in [2.24, 2.45) is 0 Å². The first kappa shape index (κ1) is 13.4. The highest BCUT2D eigenvalue weighted by Crippen LogP contribution is 2.34. The average molecular weight is 251 g/mol. The number of hydrogen-bond donors (Lipinski definition) is 1. The molecular formula is C14H25N3O. The van der Waals surface area contributed by atoms with E-state index < -0.39 is 0 Å². The molecule has 2 N–H and O–H groups in total. The number of rotatable bonds is 3. The van der Waals surface area contributed by atoms with E-state index in [9.17, 15) is 0 Å². The molecule has 0 amide bonds. The second kappa shape index (κ2) is 5.31. The van der Waals surface area contributed by atoms with Crippen LogP contribution in [0.15, 0.2) is 0 Å². The van der Waals surface area contributed by atoms with Gasteiger partial charge in [-0.3, -0.25) is 0 Å². The number of hydrogen-bond acceptors (Lipinski definition) is 3. The van der Waals surface area contributed by atoms with Crippen molar-refractivity contribution < 1.29 is 4.74 Å². The Morgan fingerprint density at radius 1 is 1.22 bits per heavy atom. The fourth-order valence-corrected chi connectivity index (χ4v) is 2.70. The van der Waals surface area contributed by atoms with Crippen molar-refractivity contribution in [3.8, 4) is 0 Å². The Bertz CT molecular complexity index is 403. The molecule has 4 heteroatoms. The number of anilines is 1. The summed E-state index contributed by atoms with van der Waals surface area (Å²) in [4.78, 5) is 4.84. The van der Waals surface area contributed by atoms with Crippen LogP contribution in [0.4, 0.5) is 5.82 Å². The minimum Gasteiger partial charge on any atom is -0.384 e. The summed E-state index contributed by atoms with van der Waals surface area (Å²) >= 11 is 0. The lowest BCUT2D eigenvalue weighted by Crippen LogP contribution is -2.16. The lowest BCUT2D eigenvalue weighted by molar-refractivity contribution is 0.0847. The molecule has 0 radical (unpaired) electrons. The third-order valence-corrected chi connectivity index (χ3v) is 3.64. The first-order valence-electron chi connectivity index (χ1n) is 6.97. The van der Waals surface area contributed by atoms with Gasteiger partial charge in [-0.25, -0.2) is 4.98 Å². The van der Waals surface area contributed by atoms with E-state index in [1.165, 1.54) is 0 Å². The van der Waals surface area contributed by atoms with Gasteiger partial charge in [0.1, 0.15) is 11.6 Å². The van der Waals surface area contributed by atoms with Gasteiger partial charge in [0.05, 0.1) is 5.69 Å². The van der Waals surface area contributed by atoms with Crippen molar-refractivity contribution in [2.45, 2.75) is 58.4 Å². The van der Waals surface area contributed by atoms with Gasteiger partial charge >= 0.3 is 0 Å². The lowest BCUT2D eigenvalue weighted by Gasteiger charge is -2.21. The van der Waals surface area contributed by atoms with Crippen LogP contribution in [0.25, 0.3) is 0 Å². The molecule has 102 valence electrons. The zero-order valence-corrected chi connectivity index (χ0v) is 11.9. The fraction of sp³-hybridized carbons (Fsp3) is 0.786. The third-order valence-electron chi connectivity index (χ3n) is 3.64. The molecule has 1 aliphatic heterocycles. The van der Waals surface area contributed by atoms with Crippen molar-refractivity contribution in [1.29, 1.82) is 0 Å². The van der Waals surface area contributed by atoms with Crippen molar-refractivity contribution in [1.82, 2.24) is 9.55 Å². The van der Waals surface area contributed by atoms with Gasteiger partial charge in [0.25, 0.3) is 0 Å². The minimum atomic E-state index is 0.364. The second-order valence-electron chi connectivity index (χ2n) is 5.75. The van der Waals surface area contributed by atoms with Crippen LogP contribution in [0.3, 0.4) is 0 Å². The molecule has 0 atom stereocenters. The molecule has 2 heterocycles. The molecule has 4 nitrogen and oxygen atoms in total. The summed E-state index contributed by atoms with van der Waals surface area (Å²) in [5.41, 5.74) is 7.43. The molecule has 0 aliphatic carbocycles. The molecule has 1 aromatic rings. The van der Waals surface area contributed by atoms with Crippen molar-refractivity contribution in [3.63, 3.8) is 0 Å². The summed E-state index contributed by atoms with van der Waals surface area (Å²) in [5.74, 6) is 2.85. The topological polar surface area (TPSA) is 53.1 Å². The number of nitrogens with zero attached hydrogens (tertiary/aromatic N) is 2. The maximum absolute atomic E-state index is 6.33. The summed E-state index contributed by atoms with van der Waals surface area (Å²) in [5, 5.41) is 0. The Morgan fingerprint density at radius 2 is 1.83 bits per heavy atom. The molecule has 1 saturated heterocycles. The van der Waals surface area contributed by atoms with Gasteiger partial charge in [0.2, 0.25) is 0 Å². The molecule has 2 rings (SSSR count). The highest BCUT2D eigenvalue weighted by atomic mass is 16.5. The van der Waals surface area contributed by atoms with Crippen LogP contribution in [0.1, 0.15) is 69.9 Å². The lowest BCUT2D eigenvalue weighted by atomic mass is 9.96. The molecule has 0 aromatic carbocycles. The third kappa shape index (κ3) is 2.39. The van der Waals surface area contributed by atoms with Gasteiger partial charge in [-0.15, -0.1) is 0 Å². The highest BCUT2D eigenvalue weighted by Gasteiger charge is 2.26. The number of nitrogens with two attached hydrogens (primary N) is 1. The number of ether oxygens (including phenoxy) is 1. The maximum atomic E-state index is 6.33. The average Bonchev–Trinajstić information content (AvgIpc) is 2.68. The molecule has 1 fully saturated rings. The van der Waals surface area contributed by atoms with E-state index in [0.29, 0.717) is 17.9 Å². The molecule has 0 saturated carbocycles. The Hall–Kier alpha value is -1.03. The summed E-state index contributed by atoms with van der Waals surface area (Å²) in [7, 11) is 0. The van der Waals surface area contributed by atoms with E-state index in [1.807, 2.05) is 0 Å². The Labute approximate surface area is 110 Å². The Morgan fingerprint density at radius 3 is 2.28 bits per heavy atom. The molecule has 0 spiro atoms. The predicted molar refractivity (Wildman–Crippen MR) is 73.9 cm³/mol. The molecule has 1 aromatic heterocycles. The van der Waals surface area contributed by atoms with Gasteiger partial charge < -0.3 is 15.0 Å². The van der Waals surface area contributed by atoms with Gasteiger partial charge in [-0.1, -0.05) is 13.8 Å². The SMILES string of the molecule is CC(C)c1nc(C2CCOCC2)c(N)n1C(C)C. The second-order valence-corrected chi connectivity index (χ2v) is 5.75. The smallest absolute Gasteiger partial charge is 0.127 e. The fourth-order valence-electron chi connectivity index (χ4n) is 2.70. The van der Waals surface area contributed by atoms with Gasteiger partial charge in [0, 0.05) is 31.1 Å². The maximum Gasteiger partial charge on any atom is 0.127 e. The van der Waals surface area contributed by atoms with E-state index in [2.05, 4.69) is 32.3 Å². The molecule has 18 heavy (non-hydrogen) atoms. The summed E-state index contributed by atoms with van der Waals surface area (Å²) in [6.45, 7) is 10.3. The number of imidazole rings is 1. The molecule has 0 bridgehead atoms. The Kier molecular flexibility index (Phi) is 3.95. The summed E-state index contributed by atoms with van der Waals surface area (Å²) < 4.78 is 7.61. The molecule has 0 unspecified atom stereocenters. The van der Waals surface area contributed by atoms with E-state index in [4.69, 9.17) is 15.5 Å². The van der Waals surface area contributed by atoms with Crippen LogP contribution >= 0.6 is 0 Å². The van der Waals surface area contributed by atoms with Crippen molar-refractivity contribution >= 4 is 5.82 Å². The van der Waals surface area contributed by atoms with Gasteiger partial charge in [-0.05, 0) is 26.7 Å². The largest absolute Gasteiger partial charge is 0.384 e.